The molecular formula is C27H20F15NO. The number of rotatable bonds is 8. The van der Waals surface area contributed by atoms with Crippen LogP contribution in [0.5, 0.6) is 5.75 Å². The molecule has 1 N–H and O–H groups in total. The Bertz CT molecular complexity index is 1380. The highest BCUT2D eigenvalue weighted by Crippen LogP contribution is 2.66. The second kappa shape index (κ2) is 10.4. The van der Waals surface area contributed by atoms with Crippen molar-refractivity contribution in [2.75, 3.05) is 0 Å². The van der Waals surface area contributed by atoms with Crippen LogP contribution in [0.25, 0.3) is 11.1 Å². The zero-order valence-electron chi connectivity index (χ0n) is 22.0. The molecule has 44 heavy (non-hydrogen) atoms. The van der Waals surface area contributed by atoms with E-state index in [1.165, 1.54) is 31.2 Å². The van der Waals surface area contributed by atoms with E-state index in [4.69, 9.17) is 0 Å². The van der Waals surface area contributed by atoms with Gasteiger partial charge in [-0.2, -0.15) is 71.1 Å². The molecule has 0 spiro atoms. The summed E-state index contributed by atoms with van der Waals surface area (Å²) in [6.07, 6.45) is -11.8. The van der Waals surface area contributed by atoms with Crippen molar-refractivity contribution in [3.8, 4) is 22.9 Å². The Morgan fingerprint density at radius 2 is 0.932 bits per heavy atom. The Kier molecular flexibility index (Phi) is 8.28. The van der Waals surface area contributed by atoms with Crippen molar-refractivity contribution in [3.63, 3.8) is 0 Å². The Morgan fingerprint density at radius 1 is 0.568 bits per heavy atom. The van der Waals surface area contributed by atoms with Crippen molar-refractivity contribution < 1.29 is 71.0 Å². The molecule has 2 aromatic carbocycles. The van der Waals surface area contributed by atoms with Crippen LogP contribution in [0.2, 0.25) is 0 Å². The van der Waals surface area contributed by atoms with Crippen molar-refractivity contribution in [2.24, 2.45) is 5.41 Å². The number of phenols is 1. The summed E-state index contributed by atoms with van der Waals surface area (Å²) in [5.41, 5.74) is -3.57. The first-order valence-electron chi connectivity index (χ1n) is 12.3. The number of hydrogen-bond donors (Lipinski definition) is 1. The van der Waals surface area contributed by atoms with Crippen LogP contribution in [-0.2, 0) is 5.41 Å². The van der Waals surface area contributed by atoms with E-state index in [-0.39, 0.29) is 5.75 Å². The van der Waals surface area contributed by atoms with Gasteiger partial charge >= 0.3 is 41.7 Å². The number of nitriles is 1. The lowest BCUT2D eigenvalue weighted by atomic mass is 9.59. The van der Waals surface area contributed by atoms with Crippen molar-refractivity contribution in [3.05, 3.63) is 54.1 Å². The lowest BCUT2D eigenvalue weighted by Gasteiger charge is -2.49. The monoisotopic (exact) mass is 659 g/mol. The van der Waals surface area contributed by atoms with Crippen LogP contribution in [0, 0.1) is 16.7 Å². The molecule has 244 valence electrons. The summed E-state index contributed by atoms with van der Waals surface area (Å²) in [6, 6.07) is 12.6. The van der Waals surface area contributed by atoms with E-state index in [2.05, 4.69) is 0 Å². The van der Waals surface area contributed by atoms with Gasteiger partial charge in [-0.15, -0.1) is 0 Å². The number of phenolic OH excluding ortho intramolecular Hbond substituents is 1. The molecule has 1 aliphatic rings. The summed E-state index contributed by atoms with van der Waals surface area (Å²) in [5.74, 6) is -47.4. The Morgan fingerprint density at radius 3 is 1.32 bits per heavy atom. The van der Waals surface area contributed by atoms with Gasteiger partial charge in [0.15, 0.2) is 0 Å². The SMILES string of the molecule is CC1(c2ccc(-c3ccc(O)cc3)cc2)CCC(C#N)(C(F)(F)C(F)(F)C(F)(F)C(F)(F)C(F)(F)C(F)(F)C(F)(F)F)CC1. The fourth-order valence-electron chi connectivity index (χ4n) is 5.00. The Hall–Kier alpha value is -3.32. The van der Waals surface area contributed by atoms with Crippen molar-refractivity contribution >= 4 is 0 Å². The highest BCUT2D eigenvalue weighted by molar-refractivity contribution is 5.64. The number of benzene rings is 2. The average molecular weight is 659 g/mol. The van der Waals surface area contributed by atoms with Gasteiger partial charge in [-0.3, -0.25) is 0 Å². The third kappa shape index (κ3) is 4.83. The molecule has 3 rings (SSSR count). The lowest BCUT2D eigenvalue weighted by molar-refractivity contribution is -0.457. The Balaban J connectivity index is 1.95. The van der Waals surface area contributed by atoms with Crippen LogP contribution in [0.3, 0.4) is 0 Å². The highest BCUT2D eigenvalue weighted by atomic mass is 19.4. The summed E-state index contributed by atoms with van der Waals surface area (Å²) in [4.78, 5) is 0. The maximum absolute atomic E-state index is 15.2. The molecule has 0 amide bonds. The van der Waals surface area contributed by atoms with Gasteiger partial charge in [0, 0.05) is 0 Å². The standard InChI is InChI=1S/C27H20F15NO/c1-19(17-6-2-15(3-7-17)16-4-8-18(44)9-5-16)10-12-20(14-43,13-11-19)21(28,29)22(30,31)23(32,33)24(34,35)25(36,37)26(38,39)27(40,41)42/h2-9,44H,10-13H2,1H3. The van der Waals surface area contributed by atoms with E-state index in [0.717, 1.165) is 0 Å². The number of halogens is 15. The molecule has 0 saturated heterocycles. The molecule has 0 aliphatic heterocycles. The lowest BCUT2D eigenvalue weighted by Crippen LogP contribution is -2.74. The molecule has 1 saturated carbocycles. The van der Waals surface area contributed by atoms with Crippen LogP contribution >= 0.6 is 0 Å². The number of nitrogens with zero attached hydrogens (tertiary/aromatic N) is 1. The summed E-state index contributed by atoms with van der Waals surface area (Å²) in [6.45, 7) is 1.41. The van der Waals surface area contributed by atoms with Crippen LogP contribution in [0.1, 0.15) is 38.2 Å². The van der Waals surface area contributed by atoms with Crippen LogP contribution in [0.4, 0.5) is 65.9 Å². The average Bonchev–Trinajstić information content (AvgIpc) is 2.93. The molecule has 0 atom stereocenters. The quantitative estimate of drug-likeness (QED) is 0.287. The fourth-order valence-corrected chi connectivity index (χ4v) is 5.00. The maximum atomic E-state index is 15.2. The summed E-state index contributed by atoms with van der Waals surface area (Å²) in [7, 11) is 0. The molecule has 1 fully saturated rings. The van der Waals surface area contributed by atoms with Crippen molar-refractivity contribution in [1.29, 1.82) is 5.26 Å². The number of hydrogen-bond acceptors (Lipinski definition) is 2. The van der Waals surface area contributed by atoms with E-state index in [1.54, 1.807) is 24.3 Å². The third-order valence-electron chi connectivity index (χ3n) is 8.13. The highest BCUT2D eigenvalue weighted by Gasteiger charge is 2.94. The molecule has 0 aromatic heterocycles. The normalized spacial score (nSPS) is 22.9. The van der Waals surface area contributed by atoms with E-state index < -0.39 is 78.2 Å². The molecule has 2 aromatic rings. The first-order valence-corrected chi connectivity index (χ1v) is 12.3. The molecule has 0 radical (unpaired) electrons. The third-order valence-corrected chi connectivity index (χ3v) is 8.13. The van der Waals surface area contributed by atoms with E-state index in [0.29, 0.717) is 22.8 Å². The molecule has 0 unspecified atom stereocenters. The van der Waals surface area contributed by atoms with Gasteiger partial charge in [0.2, 0.25) is 0 Å². The first kappa shape index (κ1) is 35.2. The topological polar surface area (TPSA) is 44.0 Å². The van der Waals surface area contributed by atoms with Gasteiger partial charge in [-0.25, -0.2) is 0 Å². The second-order valence-corrected chi connectivity index (χ2v) is 10.8. The van der Waals surface area contributed by atoms with E-state index >= 15 is 8.78 Å². The fraction of sp³-hybridized carbons (Fsp3) is 0.519. The predicted molar refractivity (Wildman–Crippen MR) is 123 cm³/mol. The summed E-state index contributed by atoms with van der Waals surface area (Å²) < 4.78 is 206. The van der Waals surface area contributed by atoms with Gasteiger partial charge in [0.1, 0.15) is 11.2 Å². The largest absolute Gasteiger partial charge is 0.508 e. The van der Waals surface area contributed by atoms with Gasteiger partial charge in [-0.05, 0) is 59.9 Å². The van der Waals surface area contributed by atoms with Crippen LogP contribution < -0.4 is 0 Å². The van der Waals surface area contributed by atoms with Crippen LogP contribution in [-0.4, -0.2) is 46.8 Å². The second-order valence-electron chi connectivity index (χ2n) is 10.8. The molecule has 2 nitrogen and oxygen atoms in total. The van der Waals surface area contributed by atoms with Crippen molar-refractivity contribution in [2.45, 2.75) is 79.7 Å². The zero-order chi connectivity index (χ0) is 34.0. The number of aromatic hydroxyl groups is 1. The molecule has 17 heteroatoms. The predicted octanol–water partition coefficient (Wildman–Crippen LogP) is 9.77. The van der Waals surface area contributed by atoms with E-state index in [9.17, 15) is 67.4 Å². The maximum Gasteiger partial charge on any atom is 0.460 e. The molecular weight excluding hydrogens is 639 g/mol. The Labute approximate surface area is 239 Å². The van der Waals surface area contributed by atoms with E-state index in [1.807, 2.05) is 0 Å². The molecule has 0 bridgehead atoms. The van der Waals surface area contributed by atoms with Gasteiger partial charge < -0.3 is 5.11 Å². The molecule has 1 aliphatic carbocycles. The van der Waals surface area contributed by atoms with Crippen molar-refractivity contribution in [1.82, 2.24) is 0 Å². The minimum atomic E-state index is -8.40. The summed E-state index contributed by atoms with van der Waals surface area (Å²) >= 11 is 0. The summed E-state index contributed by atoms with van der Waals surface area (Å²) in [5, 5.41) is 18.8. The van der Waals surface area contributed by atoms with Gasteiger partial charge in [0.25, 0.3) is 0 Å². The molecule has 0 heterocycles. The minimum Gasteiger partial charge on any atom is -0.508 e. The van der Waals surface area contributed by atoms with Crippen LogP contribution in [0.15, 0.2) is 48.5 Å². The zero-order valence-corrected chi connectivity index (χ0v) is 22.0. The first-order chi connectivity index (χ1) is 19.7. The smallest absolute Gasteiger partial charge is 0.460 e. The number of alkyl halides is 15. The minimum absolute atomic E-state index is 0.0297. The van der Waals surface area contributed by atoms with Gasteiger partial charge in [-0.1, -0.05) is 43.3 Å². The van der Waals surface area contributed by atoms with Gasteiger partial charge in [0.05, 0.1) is 6.07 Å².